The molecule has 0 aliphatic rings. The molecule has 0 bridgehead atoms. The molecule has 2 rings (SSSR count). The van der Waals surface area contributed by atoms with Crippen LogP contribution in [-0.2, 0) is 28.5 Å². The van der Waals surface area contributed by atoms with Gasteiger partial charge in [0.25, 0.3) is 0 Å². The van der Waals surface area contributed by atoms with E-state index in [1.807, 2.05) is 31.2 Å². The lowest BCUT2D eigenvalue weighted by atomic mass is 10.1. The summed E-state index contributed by atoms with van der Waals surface area (Å²) in [6, 6.07) is 12.8. The highest BCUT2D eigenvalue weighted by Crippen LogP contribution is 2.32. The lowest BCUT2D eigenvalue weighted by Crippen LogP contribution is -2.11. The standard InChI is InChI=1S/C16H15F3OS/c1-12-6-2-3-7-13(12)10-21(20)11-14-8-4-5-9-15(14)16(17,18)19/h2-9H,10-11H2,1H3. The molecular formula is C16H15F3OS. The number of benzene rings is 2. The summed E-state index contributed by atoms with van der Waals surface area (Å²) in [5, 5.41) is 0. The first-order chi connectivity index (χ1) is 9.88. The fraction of sp³-hybridized carbons (Fsp3) is 0.250. The summed E-state index contributed by atoms with van der Waals surface area (Å²) in [6.45, 7) is 1.90. The van der Waals surface area contributed by atoms with E-state index < -0.39 is 22.5 Å². The van der Waals surface area contributed by atoms with Gasteiger partial charge in [-0.25, -0.2) is 0 Å². The van der Waals surface area contributed by atoms with Crippen molar-refractivity contribution in [3.8, 4) is 0 Å². The summed E-state index contributed by atoms with van der Waals surface area (Å²) >= 11 is 0. The monoisotopic (exact) mass is 312 g/mol. The zero-order valence-electron chi connectivity index (χ0n) is 11.5. The van der Waals surface area contributed by atoms with Gasteiger partial charge in [0, 0.05) is 22.3 Å². The van der Waals surface area contributed by atoms with Crippen molar-refractivity contribution in [2.24, 2.45) is 0 Å². The van der Waals surface area contributed by atoms with Gasteiger partial charge < -0.3 is 0 Å². The molecule has 0 heterocycles. The molecule has 0 aliphatic heterocycles. The molecule has 0 saturated carbocycles. The summed E-state index contributed by atoms with van der Waals surface area (Å²) < 4.78 is 50.8. The summed E-state index contributed by atoms with van der Waals surface area (Å²) in [6.07, 6.45) is -4.41. The average Bonchev–Trinajstić information content (AvgIpc) is 2.41. The van der Waals surface area contributed by atoms with E-state index in [-0.39, 0.29) is 17.1 Å². The van der Waals surface area contributed by atoms with Gasteiger partial charge >= 0.3 is 6.18 Å². The van der Waals surface area contributed by atoms with Gasteiger partial charge in [-0.05, 0) is 29.7 Å². The zero-order valence-corrected chi connectivity index (χ0v) is 12.3. The second-order valence-corrected chi connectivity index (χ2v) is 6.27. The normalized spacial score (nSPS) is 13.1. The molecule has 0 fully saturated rings. The smallest absolute Gasteiger partial charge is 0.259 e. The van der Waals surface area contributed by atoms with Gasteiger partial charge in [-0.1, -0.05) is 42.5 Å². The Morgan fingerprint density at radius 3 is 2.05 bits per heavy atom. The van der Waals surface area contributed by atoms with Gasteiger partial charge in [0.15, 0.2) is 0 Å². The lowest BCUT2D eigenvalue weighted by molar-refractivity contribution is -0.138. The molecule has 5 heteroatoms. The molecular weight excluding hydrogens is 297 g/mol. The van der Waals surface area contributed by atoms with Crippen molar-refractivity contribution in [2.45, 2.75) is 24.6 Å². The fourth-order valence-electron chi connectivity index (χ4n) is 2.09. The second kappa shape index (κ2) is 6.43. The van der Waals surface area contributed by atoms with Gasteiger partial charge in [-0.15, -0.1) is 0 Å². The van der Waals surface area contributed by atoms with E-state index in [0.717, 1.165) is 17.2 Å². The van der Waals surface area contributed by atoms with Crippen LogP contribution in [0, 0.1) is 6.92 Å². The van der Waals surface area contributed by atoms with Gasteiger partial charge in [-0.2, -0.15) is 13.2 Å². The first-order valence-corrected chi connectivity index (χ1v) is 7.91. The van der Waals surface area contributed by atoms with Crippen molar-refractivity contribution in [1.82, 2.24) is 0 Å². The van der Waals surface area contributed by atoms with Crippen LogP contribution in [0.25, 0.3) is 0 Å². The SMILES string of the molecule is Cc1ccccc1CS(=O)Cc1ccccc1C(F)(F)F. The predicted molar refractivity (Wildman–Crippen MR) is 78.2 cm³/mol. The molecule has 21 heavy (non-hydrogen) atoms. The molecule has 2 aromatic carbocycles. The molecule has 0 spiro atoms. The molecule has 0 aromatic heterocycles. The van der Waals surface area contributed by atoms with E-state index >= 15 is 0 Å². The van der Waals surface area contributed by atoms with E-state index in [9.17, 15) is 17.4 Å². The molecule has 1 atom stereocenters. The average molecular weight is 312 g/mol. The molecule has 0 amide bonds. The number of rotatable bonds is 4. The quantitative estimate of drug-likeness (QED) is 0.814. The molecule has 0 aliphatic carbocycles. The largest absolute Gasteiger partial charge is 0.416 e. The van der Waals surface area contributed by atoms with Crippen molar-refractivity contribution >= 4 is 10.8 Å². The molecule has 1 nitrogen and oxygen atoms in total. The molecule has 0 saturated heterocycles. The first-order valence-electron chi connectivity index (χ1n) is 6.42. The Hall–Kier alpha value is -1.62. The van der Waals surface area contributed by atoms with Crippen LogP contribution in [-0.4, -0.2) is 4.21 Å². The third-order valence-electron chi connectivity index (χ3n) is 3.22. The Kier molecular flexibility index (Phi) is 4.83. The topological polar surface area (TPSA) is 17.1 Å². The predicted octanol–water partition coefficient (Wildman–Crippen LogP) is 4.46. The minimum absolute atomic E-state index is 0.0805. The first kappa shape index (κ1) is 15.8. The van der Waals surface area contributed by atoms with Crippen LogP contribution >= 0.6 is 0 Å². The molecule has 112 valence electrons. The number of halogens is 3. The van der Waals surface area contributed by atoms with Gasteiger partial charge in [-0.3, -0.25) is 4.21 Å². The number of alkyl halides is 3. The molecule has 0 radical (unpaired) electrons. The van der Waals surface area contributed by atoms with Crippen LogP contribution in [0.1, 0.15) is 22.3 Å². The van der Waals surface area contributed by atoms with Crippen LogP contribution < -0.4 is 0 Å². The summed E-state index contributed by atoms with van der Waals surface area (Å²) in [4.78, 5) is 0. The van der Waals surface area contributed by atoms with E-state index in [0.29, 0.717) is 0 Å². The Morgan fingerprint density at radius 2 is 1.43 bits per heavy atom. The maximum atomic E-state index is 12.9. The minimum Gasteiger partial charge on any atom is -0.259 e. The van der Waals surface area contributed by atoms with E-state index in [4.69, 9.17) is 0 Å². The minimum atomic E-state index is -4.41. The highest BCUT2D eigenvalue weighted by atomic mass is 32.2. The third kappa shape index (κ3) is 4.17. The van der Waals surface area contributed by atoms with Crippen LogP contribution in [0.15, 0.2) is 48.5 Å². The van der Waals surface area contributed by atoms with Gasteiger partial charge in [0.05, 0.1) is 5.56 Å². The Balaban J connectivity index is 2.16. The molecule has 2 aromatic rings. The van der Waals surface area contributed by atoms with Crippen LogP contribution in [0.3, 0.4) is 0 Å². The van der Waals surface area contributed by atoms with Crippen molar-refractivity contribution in [1.29, 1.82) is 0 Å². The van der Waals surface area contributed by atoms with Crippen LogP contribution in [0.5, 0.6) is 0 Å². The second-order valence-electron chi connectivity index (χ2n) is 4.81. The highest BCUT2D eigenvalue weighted by molar-refractivity contribution is 7.83. The van der Waals surface area contributed by atoms with Crippen molar-refractivity contribution in [3.05, 3.63) is 70.8 Å². The highest BCUT2D eigenvalue weighted by Gasteiger charge is 2.33. The Morgan fingerprint density at radius 1 is 0.905 bits per heavy atom. The summed E-state index contributed by atoms with van der Waals surface area (Å²) in [7, 11) is -1.38. The van der Waals surface area contributed by atoms with E-state index in [1.54, 1.807) is 0 Å². The lowest BCUT2D eigenvalue weighted by Gasteiger charge is -2.12. The summed E-state index contributed by atoms with van der Waals surface area (Å²) in [5.41, 5.74) is 1.27. The Bertz CT molecular complexity index is 650. The van der Waals surface area contributed by atoms with Crippen LogP contribution in [0.4, 0.5) is 13.2 Å². The molecule has 0 N–H and O–H groups in total. The third-order valence-corrected chi connectivity index (χ3v) is 4.48. The molecule has 1 unspecified atom stereocenters. The van der Waals surface area contributed by atoms with Gasteiger partial charge in [0.2, 0.25) is 0 Å². The van der Waals surface area contributed by atoms with E-state index in [2.05, 4.69) is 0 Å². The fourth-order valence-corrected chi connectivity index (χ4v) is 3.46. The maximum Gasteiger partial charge on any atom is 0.416 e. The van der Waals surface area contributed by atoms with E-state index in [1.165, 1.54) is 18.2 Å². The van der Waals surface area contributed by atoms with Crippen molar-refractivity contribution < 1.29 is 17.4 Å². The van der Waals surface area contributed by atoms with Crippen LogP contribution in [0.2, 0.25) is 0 Å². The van der Waals surface area contributed by atoms with Crippen molar-refractivity contribution in [2.75, 3.05) is 0 Å². The maximum absolute atomic E-state index is 12.9. The zero-order chi connectivity index (χ0) is 15.5. The Labute approximate surface area is 124 Å². The van der Waals surface area contributed by atoms with Gasteiger partial charge in [0.1, 0.15) is 0 Å². The number of aryl methyl sites for hydroxylation is 1. The number of hydrogen-bond donors (Lipinski definition) is 0. The number of hydrogen-bond acceptors (Lipinski definition) is 1. The summed E-state index contributed by atoms with van der Waals surface area (Å²) in [5.74, 6) is 0.170. The van der Waals surface area contributed by atoms with Crippen molar-refractivity contribution in [3.63, 3.8) is 0 Å².